The van der Waals surface area contributed by atoms with E-state index in [0.717, 1.165) is 22.4 Å². The molecule has 3 nitrogen and oxygen atoms in total. The van der Waals surface area contributed by atoms with Crippen LogP contribution in [0, 0.1) is 0 Å². The van der Waals surface area contributed by atoms with Gasteiger partial charge in [-0.2, -0.15) is 0 Å². The lowest BCUT2D eigenvalue weighted by Gasteiger charge is -2.18. The Labute approximate surface area is 117 Å². The van der Waals surface area contributed by atoms with Crippen LogP contribution in [-0.2, 0) is 16.1 Å². The highest BCUT2D eigenvalue weighted by Gasteiger charge is 2.22. The number of benzene rings is 2. The maximum absolute atomic E-state index is 12.0. The fraction of sp³-hybridized carbons (Fsp3) is 0.118. The molecule has 100 valence electrons. The van der Waals surface area contributed by atoms with Crippen molar-refractivity contribution in [3.8, 4) is 5.75 Å². The van der Waals surface area contributed by atoms with Gasteiger partial charge < -0.3 is 9.47 Å². The monoisotopic (exact) mass is 266 g/mol. The maximum Gasteiger partial charge on any atom is 0.339 e. The topological polar surface area (TPSA) is 35.5 Å². The lowest BCUT2D eigenvalue weighted by Crippen LogP contribution is -2.15. The summed E-state index contributed by atoms with van der Waals surface area (Å²) >= 11 is 0. The highest BCUT2D eigenvalue weighted by molar-refractivity contribution is 6.22. The van der Waals surface area contributed by atoms with E-state index in [1.165, 1.54) is 0 Å². The first-order valence-electron chi connectivity index (χ1n) is 6.39. The summed E-state index contributed by atoms with van der Waals surface area (Å²) in [5.41, 5.74) is 3.37. The van der Waals surface area contributed by atoms with Gasteiger partial charge in [-0.15, -0.1) is 0 Å². The lowest BCUT2D eigenvalue weighted by molar-refractivity contribution is -0.138. The van der Waals surface area contributed by atoms with Crippen LogP contribution >= 0.6 is 0 Å². The second-order valence-electron chi connectivity index (χ2n) is 4.53. The molecule has 0 bridgehead atoms. The summed E-state index contributed by atoms with van der Waals surface area (Å²) in [6.07, 6.45) is 1.82. The molecule has 3 rings (SSSR count). The number of methoxy groups -OCH3 is 1. The van der Waals surface area contributed by atoms with Crippen molar-refractivity contribution in [2.45, 2.75) is 6.61 Å². The molecule has 0 aliphatic carbocycles. The summed E-state index contributed by atoms with van der Waals surface area (Å²) in [5.74, 6) is 0.436. The average molecular weight is 266 g/mol. The van der Waals surface area contributed by atoms with Crippen molar-refractivity contribution in [1.29, 1.82) is 0 Å². The van der Waals surface area contributed by atoms with Crippen molar-refractivity contribution in [1.82, 2.24) is 0 Å². The van der Waals surface area contributed by atoms with Crippen LogP contribution in [0.3, 0.4) is 0 Å². The van der Waals surface area contributed by atoms with Gasteiger partial charge in [0.25, 0.3) is 0 Å². The molecule has 0 aromatic heterocycles. The van der Waals surface area contributed by atoms with Gasteiger partial charge in [0.05, 0.1) is 12.7 Å². The summed E-state index contributed by atoms with van der Waals surface area (Å²) in [6.45, 7) is 0.332. The quantitative estimate of drug-likeness (QED) is 0.618. The van der Waals surface area contributed by atoms with E-state index in [1.807, 2.05) is 54.6 Å². The second-order valence-corrected chi connectivity index (χ2v) is 4.53. The van der Waals surface area contributed by atoms with Crippen LogP contribution in [0.5, 0.6) is 5.75 Å². The van der Waals surface area contributed by atoms with Crippen molar-refractivity contribution in [2.75, 3.05) is 7.11 Å². The van der Waals surface area contributed by atoms with Crippen LogP contribution in [0.4, 0.5) is 0 Å². The highest BCUT2D eigenvalue weighted by atomic mass is 16.5. The Morgan fingerprint density at radius 3 is 2.70 bits per heavy atom. The second kappa shape index (κ2) is 5.21. The van der Waals surface area contributed by atoms with Gasteiger partial charge in [-0.25, -0.2) is 4.79 Å². The first kappa shape index (κ1) is 12.5. The molecular weight excluding hydrogens is 252 g/mol. The Morgan fingerprint density at radius 2 is 1.85 bits per heavy atom. The van der Waals surface area contributed by atoms with Gasteiger partial charge in [0.15, 0.2) is 0 Å². The Balaban J connectivity index is 2.13. The van der Waals surface area contributed by atoms with Crippen molar-refractivity contribution in [3.05, 3.63) is 65.2 Å². The minimum Gasteiger partial charge on any atom is -0.496 e. The number of rotatable bonds is 2. The molecular formula is C17H14O3. The molecule has 0 saturated carbocycles. The molecule has 2 aromatic carbocycles. The summed E-state index contributed by atoms with van der Waals surface area (Å²) in [5, 5.41) is 0. The van der Waals surface area contributed by atoms with E-state index in [-0.39, 0.29) is 5.97 Å². The number of para-hydroxylation sites is 1. The molecule has 3 heteroatoms. The molecule has 1 aliphatic rings. The predicted octanol–water partition coefficient (Wildman–Crippen LogP) is 3.29. The number of fused-ring (bicyclic) bond motifs is 1. The van der Waals surface area contributed by atoms with Gasteiger partial charge in [0, 0.05) is 5.56 Å². The Hall–Kier alpha value is -2.55. The van der Waals surface area contributed by atoms with Gasteiger partial charge in [-0.05, 0) is 23.3 Å². The fourth-order valence-electron chi connectivity index (χ4n) is 2.32. The molecule has 2 aromatic rings. The molecule has 0 spiro atoms. The van der Waals surface area contributed by atoms with E-state index >= 15 is 0 Å². The van der Waals surface area contributed by atoms with E-state index in [4.69, 9.17) is 9.47 Å². The summed E-state index contributed by atoms with van der Waals surface area (Å²) in [7, 11) is 1.62. The van der Waals surface area contributed by atoms with Crippen LogP contribution in [-0.4, -0.2) is 13.1 Å². The molecule has 1 heterocycles. The predicted molar refractivity (Wildman–Crippen MR) is 77.1 cm³/mol. The molecule has 1 aliphatic heterocycles. The summed E-state index contributed by atoms with van der Waals surface area (Å²) < 4.78 is 10.5. The van der Waals surface area contributed by atoms with E-state index in [0.29, 0.717) is 12.2 Å². The fourth-order valence-corrected chi connectivity index (χ4v) is 2.32. The third-order valence-electron chi connectivity index (χ3n) is 3.32. The standard InChI is InChI=1S/C17H14O3/c1-19-16-9-5-3-6-12(16)10-15-14-8-4-2-7-13(14)11-20-17(15)18/h2-10H,11H2,1H3/b15-10+. The SMILES string of the molecule is COc1ccccc1/C=C1/C(=O)OCc2ccccc21. The zero-order valence-electron chi connectivity index (χ0n) is 11.1. The molecule has 0 amide bonds. The van der Waals surface area contributed by atoms with Crippen molar-refractivity contribution < 1.29 is 14.3 Å². The van der Waals surface area contributed by atoms with E-state index in [9.17, 15) is 4.79 Å². The summed E-state index contributed by atoms with van der Waals surface area (Å²) in [4.78, 5) is 12.0. The minimum atomic E-state index is -0.297. The summed E-state index contributed by atoms with van der Waals surface area (Å²) in [6, 6.07) is 15.4. The Bertz CT molecular complexity index is 686. The number of carbonyl (C=O) groups excluding carboxylic acids is 1. The van der Waals surface area contributed by atoms with Crippen LogP contribution < -0.4 is 4.74 Å². The Kier molecular flexibility index (Phi) is 3.25. The van der Waals surface area contributed by atoms with E-state index in [2.05, 4.69) is 0 Å². The van der Waals surface area contributed by atoms with E-state index in [1.54, 1.807) is 7.11 Å². The van der Waals surface area contributed by atoms with Gasteiger partial charge >= 0.3 is 5.97 Å². The number of esters is 1. The van der Waals surface area contributed by atoms with Crippen molar-refractivity contribution in [3.63, 3.8) is 0 Å². The molecule has 0 fully saturated rings. The third kappa shape index (κ3) is 2.18. The van der Waals surface area contributed by atoms with Crippen molar-refractivity contribution in [2.24, 2.45) is 0 Å². The van der Waals surface area contributed by atoms with Gasteiger partial charge in [0.2, 0.25) is 0 Å². The first-order valence-corrected chi connectivity index (χ1v) is 6.39. The maximum atomic E-state index is 12.0. The molecule has 0 N–H and O–H groups in total. The Morgan fingerprint density at radius 1 is 1.10 bits per heavy atom. The third-order valence-corrected chi connectivity index (χ3v) is 3.32. The van der Waals surface area contributed by atoms with E-state index < -0.39 is 0 Å². The van der Waals surface area contributed by atoms with Crippen LogP contribution in [0.1, 0.15) is 16.7 Å². The lowest BCUT2D eigenvalue weighted by atomic mass is 9.96. The molecule has 0 atom stereocenters. The zero-order valence-corrected chi connectivity index (χ0v) is 11.1. The number of hydrogen-bond acceptors (Lipinski definition) is 3. The first-order chi connectivity index (χ1) is 9.79. The van der Waals surface area contributed by atoms with Crippen molar-refractivity contribution >= 4 is 17.6 Å². The minimum absolute atomic E-state index is 0.297. The molecule has 20 heavy (non-hydrogen) atoms. The van der Waals surface area contributed by atoms with Gasteiger partial charge in [-0.3, -0.25) is 0 Å². The number of cyclic esters (lactones) is 1. The zero-order chi connectivity index (χ0) is 13.9. The average Bonchev–Trinajstić information content (AvgIpc) is 2.50. The van der Waals surface area contributed by atoms with Gasteiger partial charge in [-0.1, -0.05) is 42.5 Å². The normalized spacial score (nSPS) is 15.7. The highest BCUT2D eigenvalue weighted by Crippen LogP contribution is 2.30. The number of ether oxygens (including phenoxy) is 2. The smallest absolute Gasteiger partial charge is 0.339 e. The largest absolute Gasteiger partial charge is 0.496 e. The van der Waals surface area contributed by atoms with Crippen LogP contribution in [0.25, 0.3) is 11.6 Å². The number of hydrogen-bond donors (Lipinski definition) is 0. The van der Waals surface area contributed by atoms with Crippen LogP contribution in [0.15, 0.2) is 48.5 Å². The number of carbonyl (C=O) groups is 1. The molecule has 0 unspecified atom stereocenters. The van der Waals surface area contributed by atoms with Crippen LogP contribution in [0.2, 0.25) is 0 Å². The molecule has 0 radical (unpaired) electrons. The molecule has 0 saturated heterocycles. The van der Waals surface area contributed by atoms with Gasteiger partial charge in [0.1, 0.15) is 12.4 Å².